The fraction of sp³-hybridized carbons (Fsp3) is 0.857. The van der Waals surface area contributed by atoms with Crippen molar-refractivity contribution in [2.75, 3.05) is 0 Å². The van der Waals surface area contributed by atoms with Gasteiger partial charge < -0.3 is 10.1 Å². The lowest BCUT2D eigenvalue weighted by molar-refractivity contribution is -0.122. The zero-order chi connectivity index (χ0) is 13.8. The van der Waals surface area contributed by atoms with Crippen molar-refractivity contribution in [3.63, 3.8) is 0 Å². The molecule has 4 nitrogen and oxygen atoms in total. The summed E-state index contributed by atoms with van der Waals surface area (Å²) >= 11 is 0. The van der Waals surface area contributed by atoms with Crippen molar-refractivity contribution < 1.29 is 14.3 Å². The minimum Gasteiger partial charge on any atom is -0.444 e. The number of hydrogen-bond donors (Lipinski definition) is 1. The van der Waals surface area contributed by atoms with Crippen LogP contribution < -0.4 is 5.32 Å². The molecule has 0 aliphatic heterocycles. The summed E-state index contributed by atoms with van der Waals surface area (Å²) < 4.78 is 5.16. The lowest BCUT2D eigenvalue weighted by atomic mass is 9.80. The normalized spacial score (nSPS) is 17.8. The summed E-state index contributed by atoms with van der Waals surface area (Å²) in [5.74, 6) is 0.667. The van der Waals surface area contributed by atoms with E-state index < -0.39 is 17.7 Å². The zero-order valence-electron chi connectivity index (χ0n) is 11.9. The Balaban J connectivity index is 2.39. The number of nitrogens with one attached hydrogen (secondary N) is 1. The molecule has 1 saturated carbocycles. The van der Waals surface area contributed by atoms with Gasteiger partial charge in [0, 0.05) is 6.42 Å². The Bertz CT molecular complexity index is 303. The Labute approximate surface area is 109 Å². The quantitative estimate of drug-likeness (QED) is 0.821. The van der Waals surface area contributed by atoms with Crippen LogP contribution in [0.3, 0.4) is 0 Å². The maximum atomic E-state index is 12.0. The maximum absolute atomic E-state index is 12.0. The molecule has 18 heavy (non-hydrogen) atoms. The maximum Gasteiger partial charge on any atom is 0.408 e. The molecule has 0 spiro atoms. The lowest BCUT2D eigenvalue weighted by Crippen LogP contribution is -2.43. The van der Waals surface area contributed by atoms with E-state index in [-0.39, 0.29) is 5.78 Å². The Morgan fingerprint density at radius 2 is 1.94 bits per heavy atom. The topological polar surface area (TPSA) is 55.4 Å². The second-order valence-corrected chi connectivity index (χ2v) is 6.07. The second-order valence-electron chi connectivity index (χ2n) is 6.07. The van der Waals surface area contributed by atoms with Crippen LogP contribution in [0.1, 0.15) is 59.8 Å². The van der Waals surface area contributed by atoms with Crippen LogP contribution in [0.5, 0.6) is 0 Å². The van der Waals surface area contributed by atoms with E-state index in [0.717, 1.165) is 12.8 Å². The molecule has 1 rings (SSSR count). The highest BCUT2D eigenvalue weighted by molar-refractivity contribution is 5.87. The Morgan fingerprint density at radius 1 is 1.33 bits per heavy atom. The molecular weight excluding hydrogens is 230 g/mol. The first-order chi connectivity index (χ1) is 8.31. The summed E-state index contributed by atoms with van der Waals surface area (Å²) in [4.78, 5) is 23.6. The van der Waals surface area contributed by atoms with E-state index in [1.807, 2.05) is 27.7 Å². The van der Waals surface area contributed by atoms with Crippen LogP contribution in [-0.4, -0.2) is 23.5 Å². The fourth-order valence-corrected chi connectivity index (χ4v) is 1.98. The van der Waals surface area contributed by atoms with Crippen molar-refractivity contribution in [3.8, 4) is 0 Å². The number of hydrogen-bond acceptors (Lipinski definition) is 3. The fourth-order valence-electron chi connectivity index (χ4n) is 1.98. The molecule has 0 saturated heterocycles. The van der Waals surface area contributed by atoms with Gasteiger partial charge in [0.1, 0.15) is 5.60 Å². The predicted molar refractivity (Wildman–Crippen MR) is 70.4 cm³/mol. The van der Waals surface area contributed by atoms with Gasteiger partial charge in [-0.3, -0.25) is 4.79 Å². The van der Waals surface area contributed by atoms with Crippen molar-refractivity contribution in [2.45, 2.75) is 71.4 Å². The number of carbonyl (C=O) groups excluding carboxylic acids is 2. The van der Waals surface area contributed by atoms with Gasteiger partial charge in [-0.25, -0.2) is 4.79 Å². The number of carbonyl (C=O) groups is 2. The Hall–Kier alpha value is -1.06. The lowest BCUT2D eigenvalue weighted by Gasteiger charge is -2.27. The number of amides is 1. The first-order valence-corrected chi connectivity index (χ1v) is 6.84. The second kappa shape index (κ2) is 6.21. The molecule has 0 aromatic carbocycles. The zero-order valence-corrected chi connectivity index (χ0v) is 11.9. The summed E-state index contributed by atoms with van der Waals surface area (Å²) in [5, 5.41) is 2.67. The molecule has 1 aliphatic carbocycles. The first kappa shape index (κ1) is 15.0. The van der Waals surface area contributed by atoms with Gasteiger partial charge in [-0.15, -0.1) is 0 Å². The van der Waals surface area contributed by atoms with Crippen LogP contribution in [0, 0.1) is 5.92 Å². The van der Waals surface area contributed by atoms with Gasteiger partial charge in [0.05, 0.1) is 6.04 Å². The van der Waals surface area contributed by atoms with E-state index in [1.54, 1.807) is 0 Å². The molecular formula is C14H25NO3. The van der Waals surface area contributed by atoms with E-state index in [0.29, 0.717) is 18.8 Å². The molecule has 0 bridgehead atoms. The largest absolute Gasteiger partial charge is 0.444 e. The number of ketones is 1. The molecule has 0 radical (unpaired) electrons. The molecule has 1 fully saturated rings. The number of Topliss-reactive ketones (excluding diaryl/α,β-unsaturated/α-hetero) is 1. The van der Waals surface area contributed by atoms with Gasteiger partial charge in [0.2, 0.25) is 0 Å². The van der Waals surface area contributed by atoms with Crippen LogP contribution in [0.25, 0.3) is 0 Å². The first-order valence-electron chi connectivity index (χ1n) is 6.84. The summed E-state index contributed by atoms with van der Waals surface area (Å²) in [6.45, 7) is 7.33. The number of rotatable bonds is 5. The standard InChI is InChI=1S/C14H25NO3/c1-5-11(12(16)9-10-7-6-8-10)15-13(17)18-14(2,3)4/h10-11H,5-9H2,1-4H3,(H,15,17)/t11-/m0/s1. The van der Waals surface area contributed by atoms with E-state index >= 15 is 0 Å². The van der Waals surface area contributed by atoms with Gasteiger partial charge in [-0.2, -0.15) is 0 Å². The minimum absolute atomic E-state index is 0.132. The number of alkyl carbamates (subject to hydrolysis) is 1. The van der Waals surface area contributed by atoms with Crippen LogP contribution in [0.2, 0.25) is 0 Å². The predicted octanol–water partition coefficient (Wildman–Crippen LogP) is 3.05. The third-order valence-corrected chi connectivity index (χ3v) is 3.20. The SMILES string of the molecule is CC[C@H](NC(=O)OC(C)(C)C)C(=O)CC1CCC1. The highest BCUT2D eigenvalue weighted by Gasteiger charge is 2.27. The van der Waals surface area contributed by atoms with Gasteiger partial charge in [0.15, 0.2) is 5.78 Å². The van der Waals surface area contributed by atoms with Crippen molar-refractivity contribution in [3.05, 3.63) is 0 Å². The average Bonchev–Trinajstić information content (AvgIpc) is 2.17. The van der Waals surface area contributed by atoms with E-state index in [2.05, 4.69) is 5.32 Å². The third-order valence-electron chi connectivity index (χ3n) is 3.20. The van der Waals surface area contributed by atoms with Gasteiger partial charge in [-0.05, 0) is 33.1 Å². The Kier molecular flexibility index (Phi) is 5.17. The minimum atomic E-state index is -0.528. The van der Waals surface area contributed by atoms with Crippen molar-refractivity contribution in [1.29, 1.82) is 0 Å². The molecule has 1 aliphatic rings. The van der Waals surface area contributed by atoms with Crippen LogP contribution in [0.15, 0.2) is 0 Å². The molecule has 1 atom stereocenters. The highest BCUT2D eigenvalue weighted by atomic mass is 16.6. The molecule has 0 heterocycles. The van der Waals surface area contributed by atoms with Crippen molar-refractivity contribution >= 4 is 11.9 Å². The molecule has 0 unspecified atom stereocenters. The molecule has 1 N–H and O–H groups in total. The molecule has 4 heteroatoms. The molecule has 0 aromatic heterocycles. The van der Waals surface area contributed by atoms with Crippen LogP contribution >= 0.6 is 0 Å². The molecule has 1 amide bonds. The summed E-state index contributed by atoms with van der Waals surface area (Å²) in [5.41, 5.74) is -0.528. The van der Waals surface area contributed by atoms with E-state index in [1.165, 1.54) is 6.42 Å². The third kappa shape index (κ3) is 5.07. The van der Waals surface area contributed by atoms with E-state index in [4.69, 9.17) is 4.74 Å². The van der Waals surface area contributed by atoms with Crippen LogP contribution in [-0.2, 0) is 9.53 Å². The summed E-state index contributed by atoms with van der Waals surface area (Å²) in [6, 6.07) is -0.402. The van der Waals surface area contributed by atoms with Crippen molar-refractivity contribution in [1.82, 2.24) is 5.32 Å². The van der Waals surface area contributed by atoms with Crippen LogP contribution in [0.4, 0.5) is 4.79 Å². The van der Waals surface area contributed by atoms with Crippen molar-refractivity contribution in [2.24, 2.45) is 5.92 Å². The number of ether oxygens (including phenoxy) is 1. The average molecular weight is 255 g/mol. The smallest absolute Gasteiger partial charge is 0.408 e. The monoisotopic (exact) mass is 255 g/mol. The van der Waals surface area contributed by atoms with E-state index in [9.17, 15) is 9.59 Å². The van der Waals surface area contributed by atoms with Gasteiger partial charge >= 0.3 is 6.09 Å². The van der Waals surface area contributed by atoms with Gasteiger partial charge in [-0.1, -0.05) is 26.2 Å². The molecule has 104 valence electrons. The Morgan fingerprint density at radius 3 is 2.33 bits per heavy atom. The summed E-state index contributed by atoms with van der Waals surface area (Å²) in [7, 11) is 0. The van der Waals surface area contributed by atoms with Gasteiger partial charge in [0.25, 0.3) is 0 Å². The molecule has 0 aromatic rings. The summed E-state index contributed by atoms with van der Waals surface area (Å²) in [6.07, 6.45) is 4.23. The highest BCUT2D eigenvalue weighted by Crippen LogP contribution is 2.30.